The van der Waals surface area contributed by atoms with Crippen LogP contribution in [0, 0.1) is 12.8 Å². The summed E-state index contributed by atoms with van der Waals surface area (Å²) < 4.78 is 0. The minimum atomic E-state index is 0. The number of rotatable bonds is 4. The molecule has 1 N–H and O–H groups in total. The SMILES string of the molecule is Cc1[nH]c(-c2ccccc2)nc1CC(C)CCl.Cl. The van der Waals surface area contributed by atoms with Gasteiger partial charge in [-0.25, -0.2) is 4.98 Å². The van der Waals surface area contributed by atoms with Crippen molar-refractivity contribution >= 4 is 24.0 Å². The van der Waals surface area contributed by atoms with Crippen LogP contribution in [-0.4, -0.2) is 15.8 Å². The Morgan fingerprint density at radius 3 is 2.56 bits per heavy atom. The van der Waals surface area contributed by atoms with E-state index >= 15 is 0 Å². The smallest absolute Gasteiger partial charge is 0.137 e. The minimum Gasteiger partial charge on any atom is -0.342 e. The zero-order valence-electron chi connectivity index (χ0n) is 10.6. The molecule has 0 fully saturated rings. The summed E-state index contributed by atoms with van der Waals surface area (Å²) in [6, 6.07) is 10.2. The van der Waals surface area contributed by atoms with E-state index in [1.54, 1.807) is 0 Å². The fourth-order valence-corrected chi connectivity index (χ4v) is 1.92. The second-order valence-corrected chi connectivity index (χ2v) is 4.80. The Morgan fingerprint density at radius 2 is 1.94 bits per heavy atom. The number of alkyl halides is 1. The maximum atomic E-state index is 5.84. The fourth-order valence-electron chi connectivity index (χ4n) is 1.81. The highest BCUT2D eigenvalue weighted by Gasteiger charge is 2.11. The summed E-state index contributed by atoms with van der Waals surface area (Å²) in [4.78, 5) is 7.99. The Balaban J connectivity index is 0.00000162. The lowest BCUT2D eigenvalue weighted by molar-refractivity contribution is 0.642. The van der Waals surface area contributed by atoms with Gasteiger partial charge in [0.1, 0.15) is 5.82 Å². The van der Waals surface area contributed by atoms with Gasteiger partial charge in [0, 0.05) is 17.1 Å². The lowest BCUT2D eigenvalue weighted by Crippen LogP contribution is -2.02. The molecular formula is C14H18Cl2N2. The van der Waals surface area contributed by atoms with Crippen molar-refractivity contribution in [2.75, 3.05) is 5.88 Å². The third kappa shape index (κ3) is 3.50. The molecule has 98 valence electrons. The van der Waals surface area contributed by atoms with Crippen LogP contribution in [0.25, 0.3) is 11.4 Å². The first-order valence-electron chi connectivity index (χ1n) is 5.87. The lowest BCUT2D eigenvalue weighted by atomic mass is 10.1. The van der Waals surface area contributed by atoms with Gasteiger partial charge in [0.15, 0.2) is 0 Å². The predicted octanol–water partition coefficient (Wildman–Crippen LogP) is 4.22. The largest absolute Gasteiger partial charge is 0.342 e. The number of hydrogen-bond acceptors (Lipinski definition) is 1. The van der Waals surface area contributed by atoms with Crippen molar-refractivity contribution in [3.05, 3.63) is 41.7 Å². The van der Waals surface area contributed by atoms with Crippen LogP contribution in [0.2, 0.25) is 0 Å². The van der Waals surface area contributed by atoms with Crippen LogP contribution in [-0.2, 0) is 6.42 Å². The van der Waals surface area contributed by atoms with E-state index in [9.17, 15) is 0 Å². The summed E-state index contributed by atoms with van der Waals surface area (Å²) >= 11 is 5.84. The average Bonchev–Trinajstić information content (AvgIpc) is 2.72. The van der Waals surface area contributed by atoms with Gasteiger partial charge < -0.3 is 4.98 Å². The zero-order valence-corrected chi connectivity index (χ0v) is 12.2. The summed E-state index contributed by atoms with van der Waals surface area (Å²) in [5.41, 5.74) is 3.39. The summed E-state index contributed by atoms with van der Waals surface area (Å²) in [5, 5.41) is 0. The van der Waals surface area contributed by atoms with Crippen LogP contribution in [0.5, 0.6) is 0 Å². The number of aromatic amines is 1. The maximum Gasteiger partial charge on any atom is 0.137 e. The number of imidazole rings is 1. The molecule has 0 saturated heterocycles. The van der Waals surface area contributed by atoms with Gasteiger partial charge in [0.25, 0.3) is 0 Å². The number of nitrogens with zero attached hydrogens (tertiary/aromatic N) is 1. The minimum absolute atomic E-state index is 0. The van der Waals surface area contributed by atoms with Crippen molar-refractivity contribution in [1.82, 2.24) is 9.97 Å². The molecule has 0 amide bonds. The third-order valence-electron chi connectivity index (χ3n) is 2.84. The molecule has 2 rings (SSSR count). The van der Waals surface area contributed by atoms with Gasteiger partial charge in [0.05, 0.1) is 5.69 Å². The summed E-state index contributed by atoms with van der Waals surface area (Å²) in [5.74, 6) is 2.08. The van der Waals surface area contributed by atoms with Crippen LogP contribution < -0.4 is 0 Å². The summed E-state index contributed by atoms with van der Waals surface area (Å²) in [6.07, 6.45) is 0.929. The molecule has 4 heteroatoms. The standard InChI is InChI=1S/C14H17ClN2.ClH/c1-10(9-15)8-13-11(2)16-14(17-13)12-6-4-3-5-7-12;/h3-7,10H,8-9H2,1-2H3,(H,16,17);1H. The third-order valence-corrected chi connectivity index (χ3v) is 3.36. The van der Waals surface area contributed by atoms with Gasteiger partial charge in [-0.3, -0.25) is 0 Å². The van der Waals surface area contributed by atoms with Gasteiger partial charge in [-0.15, -0.1) is 24.0 Å². The molecule has 0 saturated carbocycles. The molecule has 0 aliphatic rings. The van der Waals surface area contributed by atoms with Gasteiger partial charge in [-0.05, 0) is 19.3 Å². The highest BCUT2D eigenvalue weighted by atomic mass is 35.5. The Labute approximate surface area is 119 Å². The van der Waals surface area contributed by atoms with Crippen molar-refractivity contribution in [2.24, 2.45) is 5.92 Å². The van der Waals surface area contributed by atoms with Crippen LogP contribution in [0.3, 0.4) is 0 Å². The van der Waals surface area contributed by atoms with E-state index in [1.165, 1.54) is 0 Å². The highest BCUT2D eigenvalue weighted by Crippen LogP contribution is 2.19. The number of H-pyrrole nitrogens is 1. The van der Waals surface area contributed by atoms with Crippen LogP contribution >= 0.6 is 24.0 Å². The molecule has 0 radical (unpaired) electrons. The lowest BCUT2D eigenvalue weighted by Gasteiger charge is -2.04. The number of aryl methyl sites for hydroxylation is 1. The maximum absolute atomic E-state index is 5.84. The van der Waals surface area contributed by atoms with E-state index < -0.39 is 0 Å². The number of halogens is 2. The molecule has 0 bridgehead atoms. The number of benzene rings is 1. The van der Waals surface area contributed by atoms with E-state index in [0.29, 0.717) is 11.8 Å². The molecule has 0 spiro atoms. The van der Waals surface area contributed by atoms with Crippen molar-refractivity contribution in [3.63, 3.8) is 0 Å². The van der Waals surface area contributed by atoms with E-state index in [0.717, 1.165) is 29.2 Å². The monoisotopic (exact) mass is 284 g/mol. The molecule has 1 aromatic carbocycles. The Bertz CT molecular complexity index is 480. The van der Waals surface area contributed by atoms with Gasteiger partial charge in [0.2, 0.25) is 0 Å². The fraction of sp³-hybridized carbons (Fsp3) is 0.357. The molecule has 1 aromatic heterocycles. The summed E-state index contributed by atoms with van der Waals surface area (Å²) in [6.45, 7) is 4.21. The zero-order chi connectivity index (χ0) is 12.3. The van der Waals surface area contributed by atoms with E-state index in [2.05, 4.69) is 35.9 Å². The molecule has 1 unspecified atom stereocenters. The predicted molar refractivity (Wildman–Crippen MR) is 79.6 cm³/mol. The molecule has 1 heterocycles. The topological polar surface area (TPSA) is 28.7 Å². The number of nitrogens with one attached hydrogen (secondary N) is 1. The molecule has 0 aliphatic carbocycles. The Hall–Kier alpha value is -0.990. The molecular weight excluding hydrogens is 267 g/mol. The Morgan fingerprint density at radius 1 is 1.28 bits per heavy atom. The van der Waals surface area contributed by atoms with Crippen LogP contribution in [0.4, 0.5) is 0 Å². The van der Waals surface area contributed by atoms with Crippen LogP contribution in [0.15, 0.2) is 30.3 Å². The Kier molecular flexibility index (Phi) is 5.70. The quantitative estimate of drug-likeness (QED) is 0.837. The van der Waals surface area contributed by atoms with E-state index in [1.807, 2.05) is 18.2 Å². The second-order valence-electron chi connectivity index (χ2n) is 4.49. The average molecular weight is 285 g/mol. The van der Waals surface area contributed by atoms with Crippen molar-refractivity contribution < 1.29 is 0 Å². The molecule has 18 heavy (non-hydrogen) atoms. The molecule has 2 aromatic rings. The number of hydrogen-bond donors (Lipinski definition) is 1. The molecule has 1 atom stereocenters. The second kappa shape index (κ2) is 6.81. The first-order chi connectivity index (χ1) is 8.20. The first-order valence-corrected chi connectivity index (χ1v) is 6.41. The van der Waals surface area contributed by atoms with Gasteiger partial charge in [-0.1, -0.05) is 37.3 Å². The van der Waals surface area contributed by atoms with Crippen molar-refractivity contribution in [3.8, 4) is 11.4 Å². The number of aromatic nitrogens is 2. The molecule has 0 aliphatic heterocycles. The highest BCUT2D eigenvalue weighted by molar-refractivity contribution is 6.18. The normalized spacial score (nSPS) is 11.9. The van der Waals surface area contributed by atoms with Crippen molar-refractivity contribution in [1.29, 1.82) is 0 Å². The van der Waals surface area contributed by atoms with Crippen LogP contribution in [0.1, 0.15) is 18.3 Å². The molecule has 2 nitrogen and oxygen atoms in total. The summed E-state index contributed by atoms with van der Waals surface area (Å²) in [7, 11) is 0. The van der Waals surface area contributed by atoms with Crippen molar-refractivity contribution in [2.45, 2.75) is 20.3 Å². The van der Waals surface area contributed by atoms with E-state index in [4.69, 9.17) is 11.6 Å². The van der Waals surface area contributed by atoms with E-state index in [-0.39, 0.29) is 12.4 Å². The van der Waals surface area contributed by atoms with Gasteiger partial charge in [-0.2, -0.15) is 0 Å². The first kappa shape index (κ1) is 15.1. The van der Waals surface area contributed by atoms with Gasteiger partial charge >= 0.3 is 0 Å².